The zero-order valence-corrected chi connectivity index (χ0v) is 18.0. The largest absolute Gasteiger partial charge is 0.330 e. The first-order chi connectivity index (χ1) is 13.1. The molecule has 1 aliphatic carbocycles. The average molecular weight is 395 g/mol. The van der Waals surface area contributed by atoms with Crippen molar-refractivity contribution in [2.24, 2.45) is 0 Å². The first-order valence-electron chi connectivity index (χ1n) is 10.3. The van der Waals surface area contributed by atoms with Gasteiger partial charge in [-0.3, -0.25) is 19.2 Å². The molecule has 2 saturated heterocycles. The first kappa shape index (κ1) is 22.2. The molecule has 0 spiro atoms. The Morgan fingerprint density at radius 3 is 1.21 bits per heavy atom. The van der Waals surface area contributed by atoms with E-state index in [0.717, 1.165) is 12.8 Å². The number of nitrogens with zero attached hydrogens (tertiary/aromatic N) is 4. The molecule has 4 amide bonds. The molecular weight excluding hydrogens is 360 g/mol. The topological polar surface area (TPSA) is 81.2 Å². The highest BCUT2D eigenvalue weighted by Gasteiger charge is 2.41. The molecule has 8 heteroatoms. The molecule has 2 aliphatic heterocycles. The zero-order valence-electron chi connectivity index (χ0n) is 18.0. The van der Waals surface area contributed by atoms with Gasteiger partial charge in [0.1, 0.15) is 0 Å². The lowest BCUT2D eigenvalue weighted by Crippen LogP contribution is -2.57. The van der Waals surface area contributed by atoms with Gasteiger partial charge in [0.25, 0.3) is 0 Å². The van der Waals surface area contributed by atoms with Crippen LogP contribution in [0.25, 0.3) is 0 Å². The van der Waals surface area contributed by atoms with Crippen LogP contribution in [0.3, 0.4) is 0 Å². The molecule has 0 unspecified atom stereocenters. The predicted molar refractivity (Wildman–Crippen MR) is 105 cm³/mol. The monoisotopic (exact) mass is 394 g/mol. The Hall–Kier alpha value is -2.12. The zero-order chi connectivity index (χ0) is 21.2. The van der Waals surface area contributed by atoms with E-state index < -0.39 is 0 Å². The van der Waals surface area contributed by atoms with Crippen LogP contribution in [0.1, 0.15) is 54.4 Å². The second-order valence-corrected chi connectivity index (χ2v) is 8.51. The second-order valence-electron chi connectivity index (χ2n) is 8.51. The Morgan fingerprint density at radius 1 is 0.571 bits per heavy atom. The minimum atomic E-state index is -0.361. The average Bonchev–Trinajstić information content (AvgIpc) is 3.44. The van der Waals surface area contributed by atoms with E-state index in [0.29, 0.717) is 32.2 Å². The quantitative estimate of drug-likeness (QED) is 0.658. The number of carbonyl (C=O) groups excluding carboxylic acids is 4. The lowest BCUT2D eigenvalue weighted by molar-refractivity contribution is -0.158. The lowest BCUT2D eigenvalue weighted by Gasteiger charge is -2.37. The van der Waals surface area contributed by atoms with Crippen molar-refractivity contribution in [2.45, 2.75) is 78.6 Å². The summed E-state index contributed by atoms with van der Waals surface area (Å²) >= 11 is 0. The van der Waals surface area contributed by atoms with Crippen LogP contribution in [0.15, 0.2) is 0 Å². The molecule has 0 radical (unpaired) electrons. The highest BCUT2D eigenvalue weighted by molar-refractivity contribution is 6.36. The third-order valence-electron chi connectivity index (χ3n) is 5.43. The van der Waals surface area contributed by atoms with Crippen LogP contribution >= 0.6 is 0 Å². The SMILES string of the molecule is CC(C)N1CCN(C(C)C)C(=O)C1=O.CC(C)N1CCN(C2CC2)C(=O)C1=O. The molecule has 0 aromatic carbocycles. The first-order valence-corrected chi connectivity index (χ1v) is 10.3. The number of hydrogen-bond donors (Lipinski definition) is 0. The van der Waals surface area contributed by atoms with Gasteiger partial charge in [-0.1, -0.05) is 0 Å². The van der Waals surface area contributed by atoms with Gasteiger partial charge in [0, 0.05) is 50.3 Å². The molecule has 0 bridgehead atoms. The second kappa shape index (κ2) is 8.92. The number of piperazine rings is 2. The molecule has 3 rings (SSSR count). The van der Waals surface area contributed by atoms with Crippen LogP contribution in [-0.4, -0.2) is 93.6 Å². The summed E-state index contributed by atoms with van der Waals surface area (Å²) in [5, 5.41) is 0. The summed E-state index contributed by atoms with van der Waals surface area (Å²) in [4.78, 5) is 53.2. The molecule has 3 fully saturated rings. The summed E-state index contributed by atoms with van der Waals surface area (Å²) < 4.78 is 0. The van der Waals surface area contributed by atoms with Gasteiger partial charge >= 0.3 is 23.6 Å². The fourth-order valence-corrected chi connectivity index (χ4v) is 3.54. The minimum absolute atomic E-state index is 0.112. The van der Waals surface area contributed by atoms with Crippen LogP contribution in [0.2, 0.25) is 0 Å². The molecule has 2 heterocycles. The predicted octanol–water partition coefficient (Wildman–Crippen LogP) is 0.702. The van der Waals surface area contributed by atoms with Crippen LogP contribution in [0.5, 0.6) is 0 Å². The molecule has 0 atom stereocenters. The molecule has 8 nitrogen and oxygen atoms in total. The van der Waals surface area contributed by atoms with Crippen LogP contribution in [-0.2, 0) is 19.2 Å². The van der Waals surface area contributed by atoms with E-state index in [4.69, 9.17) is 0 Å². The molecular formula is C20H34N4O4. The Morgan fingerprint density at radius 2 is 0.893 bits per heavy atom. The van der Waals surface area contributed by atoms with Crippen molar-refractivity contribution in [2.75, 3.05) is 26.2 Å². The number of carbonyl (C=O) groups is 4. The summed E-state index contributed by atoms with van der Waals surface area (Å²) in [6.07, 6.45) is 2.14. The van der Waals surface area contributed by atoms with Gasteiger partial charge in [-0.25, -0.2) is 0 Å². The van der Waals surface area contributed by atoms with Crippen molar-refractivity contribution in [3.05, 3.63) is 0 Å². The third kappa shape index (κ3) is 4.83. The smallest absolute Gasteiger partial charge is 0.312 e. The van der Waals surface area contributed by atoms with Crippen LogP contribution in [0.4, 0.5) is 0 Å². The van der Waals surface area contributed by atoms with Gasteiger partial charge in [-0.15, -0.1) is 0 Å². The van der Waals surface area contributed by atoms with Gasteiger partial charge in [0.2, 0.25) is 0 Å². The summed E-state index contributed by atoms with van der Waals surface area (Å²) in [6.45, 7) is 14.3. The van der Waals surface area contributed by atoms with Crippen molar-refractivity contribution in [1.82, 2.24) is 19.6 Å². The molecule has 158 valence electrons. The lowest BCUT2D eigenvalue weighted by atomic mass is 10.2. The van der Waals surface area contributed by atoms with E-state index in [1.807, 2.05) is 41.5 Å². The van der Waals surface area contributed by atoms with Crippen molar-refractivity contribution in [3.8, 4) is 0 Å². The fourth-order valence-electron chi connectivity index (χ4n) is 3.54. The molecule has 1 saturated carbocycles. The molecule has 0 N–H and O–H groups in total. The summed E-state index contributed by atoms with van der Waals surface area (Å²) in [5.74, 6) is -1.34. The maximum absolute atomic E-state index is 11.7. The molecule has 3 aliphatic rings. The minimum Gasteiger partial charge on any atom is -0.330 e. The highest BCUT2D eigenvalue weighted by Crippen LogP contribution is 2.28. The van der Waals surface area contributed by atoms with Crippen LogP contribution in [0, 0.1) is 0 Å². The molecule has 0 aromatic rings. The standard InChI is InChI=1S/C10H16N2O2.C10H18N2O2/c1-7(2)11-5-6-12(8-3-4-8)10(14)9(11)13;1-7(2)11-5-6-12(8(3)4)10(14)9(11)13/h7-8H,3-6H2,1-2H3;7-8H,5-6H2,1-4H3. The normalized spacial score (nSPS) is 21.2. The van der Waals surface area contributed by atoms with E-state index in [9.17, 15) is 19.2 Å². The summed E-state index contributed by atoms with van der Waals surface area (Å²) in [6, 6.07) is 0.718. The summed E-state index contributed by atoms with van der Waals surface area (Å²) in [5.41, 5.74) is 0. The van der Waals surface area contributed by atoms with E-state index >= 15 is 0 Å². The maximum atomic E-state index is 11.7. The Labute approximate surface area is 167 Å². The van der Waals surface area contributed by atoms with E-state index in [1.165, 1.54) is 0 Å². The van der Waals surface area contributed by atoms with E-state index in [2.05, 4.69) is 0 Å². The Kier molecular flexibility index (Phi) is 7.06. The van der Waals surface area contributed by atoms with E-state index in [-0.39, 0.29) is 41.8 Å². The van der Waals surface area contributed by atoms with Gasteiger partial charge in [-0.2, -0.15) is 0 Å². The number of amides is 4. The summed E-state index contributed by atoms with van der Waals surface area (Å²) in [7, 11) is 0. The Balaban J connectivity index is 0.000000200. The van der Waals surface area contributed by atoms with Gasteiger partial charge in [0.15, 0.2) is 0 Å². The number of rotatable bonds is 4. The molecule has 0 aromatic heterocycles. The van der Waals surface area contributed by atoms with Crippen molar-refractivity contribution in [3.63, 3.8) is 0 Å². The Bertz CT molecular complexity index is 533. The van der Waals surface area contributed by atoms with Gasteiger partial charge < -0.3 is 19.6 Å². The van der Waals surface area contributed by atoms with Crippen molar-refractivity contribution < 1.29 is 19.2 Å². The van der Waals surface area contributed by atoms with Crippen LogP contribution < -0.4 is 0 Å². The van der Waals surface area contributed by atoms with Crippen molar-refractivity contribution in [1.29, 1.82) is 0 Å². The van der Waals surface area contributed by atoms with Gasteiger partial charge in [-0.05, 0) is 54.4 Å². The van der Waals surface area contributed by atoms with Crippen molar-refractivity contribution >= 4 is 23.6 Å². The molecule has 28 heavy (non-hydrogen) atoms. The van der Waals surface area contributed by atoms with Gasteiger partial charge in [0.05, 0.1) is 0 Å². The third-order valence-corrected chi connectivity index (χ3v) is 5.43. The fraction of sp³-hybridized carbons (Fsp3) is 0.800. The van der Waals surface area contributed by atoms with E-state index in [1.54, 1.807) is 19.6 Å². The maximum Gasteiger partial charge on any atom is 0.312 e. The number of hydrogen-bond acceptors (Lipinski definition) is 4. The highest BCUT2D eigenvalue weighted by atomic mass is 16.2.